The summed E-state index contributed by atoms with van der Waals surface area (Å²) >= 11 is 0. The molecule has 5 heteroatoms. The molecule has 3 rings (SSSR count). The van der Waals surface area contributed by atoms with Crippen molar-refractivity contribution in [1.29, 1.82) is 0 Å². The number of nitrogens with two attached hydrogens (primary N) is 1. The number of hydrogen-bond acceptors (Lipinski definition) is 4. The first-order valence-corrected chi connectivity index (χ1v) is 13.8. The van der Waals surface area contributed by atoms with Gasteiger partial charge in [0.25, 0.3) is 0 Å². The molecule has 1 unspecified atom stereocenters. The van der Waals surface area contributed by atoms with Gasteiger partial charge in [0.2, 0.25) is 0 Å². The Balaban J connectivity index is 0.00000533. The van der Waals surface area contributed by atoms with E-state index in [1.54, 1.807) is 12.1 Å². The second-order valence-electron chi connectivity index (χ2n) is 11.8. The number of aryl methyl sites for hydroxylation is 3. The molecule has 0 bridgehead atoms. The van der Waals surface area contributed by atoms with E-state index in [-0.39, 0.29) is 46.5 Å². The first-order chi connectivity index (χ1) is 17.8. The van der Waals surface area contributed by atoms with Crippen LogP contribution in [0.5, 0.6) is 0 Å². The number of carboxylic acids is 1. The molecule has 0 aliphatic heterocycles. The number of carboxylic acid groups (broad SMARTS) is 1. The van der Waals surface area contributed by atoms with Crippen LogP contribution >= 0.6 is 0 Å². The molecular weight excluding hydrogens is 493 g/mol. The zero-order valence-corrected chi connectivity index (χ0v) is 27.1. The fraction of sp³-hybridized carbons (Fsp3) is 0.441. The van der Waals surface area contributed by atoms with Crippen molar-refractivity contribution in [3.63, 3.8) is 0 Å². The van der Waals surface area contributed by atoms with Crippen LogP contribution in [0.25, 0.3) is 11.1 Å². The van der Waals surface area contributed by atoms with Crippen LogP contribution in [0.1, 0.15) is 93.3 Å². The minimum absolute atomic E-state index is 0. The van der Waals surface area contributed by atoms with Gasteiger partial charge in [0.15, 0.2) is 0 Å². The Morgan fingerprint density at radius 1 is 0.897 bits per heavy atom. The van der Waals surface area contributed by atoms with E-state index < -0.39 is 12.0 Å². The number of carbonyl (C=O) groups is 1. The maximum absolute atomic E-state index is 11.1. The summed E-state index contributed by atoms with van der Waals surface area (Å²) in [4.78, 5) is 11.1. The largest absolute Gasteiger partial charge is 1.00 e. The summed E-state index contributed by atoms with van der Waals surface area (Å²) in [5.41, 5.74) is 14.6. The summed E-state index contributed by atoms with van der Waals surface area (Å²) in [7, 11) is 0. The van der Waals surface area contributed by atoms with Crippen molar-refractivity contribution in [2.24, 2.45) is 11.1 Å². The Morgan fingerprint density at radius 2 is 1.44 bits per heavy atom. The minimum atomic E-state index is -1.28. The van der Waals surface area contributed by atoms with Gasteiger partial charge in [0, 0.05) is 5.41 Å². The molecule has 0 aromatic heterocycles. The van der Waals surface area contributed by atoms with Crippen molar-refractivity contribution in [2.45, 2.75) is 91.7 Å². The molecule has 0 spiro atoms. The molecule has 0 aliphatic rings. The van der Waals surface area contributed by atoms with E-state index in [1.807, 2.05) is 12.1 Å². The molecule has 3 N–H and O–H groups in total. The Kier molecular flexibility index (Phi) is 11.6. The molecule has 4 nitrogen and oxygen atoms in total. The van der Waals surface area contributed by atoms with Gasteiger partial charge in [-0.3, -0.25) is 0 Å². The summed E-state index contributed by atoms with van der Waals surface area (Å²) in [5, 5.41) is 21.6. The Labute approximate surface area is 257 Å². The van der Waals surface area contributed by atoms with Crippen LogP contribution in [0, 0.1) is 19.3 Å². The third kappa shape index (κ3) is 7.42. The molecule has 0 heterocycles. The topological polar surface area (TPSA) is 86.4 Å². The van der Waals surface area contributed by atoms with Crippen molar-refractivity contribution in [3.05, 3.63) is 94.0 Å². The average molecular weight is 538 g/mol. The molecule has 0 fully saturated rings. The second-order valence-corrected chi connectivity index (χ2v) is 11.8. The third-order valence-electron chi connectivity index (χ3n) is 8.40. The van der Waals surface area contributed by atoms with E-state index >= 15 is 0 Å². The van der Waals surface area contributed by atoms with Crippen LogP contribution in [-0.2, 0) is 16.6 Å². The zero-order valence-electron chi connectivity index (χ0n) is 25.1. The predicted molar refractivity (Wildman–Crippen MR) is 155 cm³/mol. The van der Waals surface area contributed by atoms with Gasteiger partial charge in [0.05, 0.1) is 18.1 Å². The molecular formula is C34H44NNaO3. The van der Waals surface area contributed by atoms with Gasteiger partial charge in [-0.25, -0.2) is 0 Å². The van der Waals surface area contributed by atoms with E-state index in [1.165, 1.54) is 27.8 Å². The molecule has 0 saturated carbocycles. The summed E-state index contributed by atoms with van der Waals surface area (Å²) in [6.07, 6.45) is 3.28. The molecule has 3 aromatic carbocycles. The Hall–Kier alpha value is -1.95. The number of aliphatic hydroxyl groups excluding tert-OH is 1. The summed E-state index contributed by atoms with van der Waals surface area (Å²) in [6, 6.07) is 19.8. The standard InChI is InChI=1S/C34H45NO3.Na/c1-8-34(9-2,27-16-14-24(22(3)20-27)15-19-30(36)33(5,6)7)28-17-18-29(23(4)21-28)25-10-12-26(13-11-25)31(35)32(37)38;/h10-14,16-18,20-21,30-31,36H,8-9,15,19,35H2,1-7H3,(H,37,38);/q;+1/p-1/t30?,31-;/m0./s1. The monoisotopic (exact) mass is 537 g/mol. The Morgan fingerprint density at radius 3 is 1.90 bits per heavy atom. The van der Waals surface area contributed by atoms with Gasteiger partial charge in [0.1, 0.15) is 0 Å². The van der Waals surface area contributed by atoms with E-state index in [0.29, 0.717) is 5.56 Å². The minimum Gasteiger partial charge on any atom is -0.548 e. The first-order valence-electron chi connectivity index (χ1n) is 13.8. The van der Waals surface area contributed by atoms with Gasteiger partial charge in [-0.15, -0.1) is 0 Å². The molecule has 3 aromatic rings. The van der Waals surface area contributed by atoms with Crippen molar-refractivity contribution >= 4 is 5.97 Å². The number of carbonyl (C=O) groups excluding carboxylic acids is 1. The predicted octanol–water partition coefficient (Wildman–Crippen LogP) is 3.17. The molecule has 0 amide bonds. The quantitative estimate of drug-likeness (QED) is 0.389. The van der Waals surface area contributed by atoms with E-state index in [4.69, 9.17) is 5.73 Å². The molecule has 2 atom stereocenters. The molecule has 204 valence electrons. The second kappa shape index (κ2) is 13.6. The fourth-order valence-electron chi connectivity index (χ4n) is 5.52. The van der Waals surface area contributed by atoms with Crippen LogP contribution in [0.2, 0.25) is 0 Å². The van der Waals surface area contributed by atoms with Crippen molar-refractivity contribution in [1.82, 2.24) is 0 Å². The summed E-state index contributed by atoms with van der Waals surface area (Å²) in [5.74, 6) is -1.28. The maximum Gasteiger partial charge on any atom is 1.00 e. The maximum atomic E-state index is 11.1. The SMILES string of the molecule is CCC(CC)(c1ccc(CCC(O)C(C)(C)C)c(C)c1)c1ccc(-c2ccc([C@H](N)C(=O)[O-])cc2)c(C)c1.[Na+]. The van der Waals surface area contributed by atoms with E-state index in [0.717, 1.165) is 36.8 Å². The number of rotatable bonds is 10. The van der Waals surface area contributed by atoms with Crippen molar-refractivity contribution in [2.75, 3.05) is 0 Å². The third-order valence-corrected chi connectivity index (χ3v) is 8.40. The number of hydrogen-bond donors (Lipinski definition) is 2. The number of aliphatic carboxylic acids is 1. The van der Waals surface area contributed by atoms with Gasteiger partial charge in [-0.2, -0.15) is 0 Å². The van der Waals surface area contributed by atoms with Crippen LogP contribution in [0.3, 0.4) is 0 Å². The van der Waals surface area contributed by atoms with Gasteiger partial charge in [-0.05, 0) is 89.5 Å². The summed E-state index contributed by atoms with van der Waals surface area (Å²) < 4.78 is 0. The van der Waals surface area contributed by atoms with E-state index in [9.17, 15) is 15.0 Å². The van der Waals surface area contributed by atoms with Gasteiger partial charge in [-0.1, -0.05) is 95.3 Å². The van der Waals surface area contributed by atoms with Gasteiger partial charge >= 0.3 is 29.6 Å². The van der Waals surface area contributed by atoms with Crippen LogP contribution in [-0.4, -0.2) is 17.2 Å². The Bertz CT molecular complexity index is 1260. The number of benzene rings is 3. The number of aliphatic hydroxyl groups is 1. The van der Waals surface area contributed by atoms with Crippen LogP contribution in [0.15, 0.2) is 60.7 Å². The van der Waals surface area contributed by atoms with E-state index in [2.05, 4.69) is 84.9 Å². The fourth-order valence-corrected chi connectivity index (χ4v) is 5.52. The summed E-state index contributed by atoms with van der Waals surface area (Å²) in [6.45, 7) is 15.1. The normalized spacial score (nSPS) is 13.5. The van der Waals surface area contributed by atoms with Crippen LogP contribution < -0.4 is 40.4 Å². The molecule has 0 saturated heterocycles. The smallest absolute Gasteiger partial charge is 0.548 e. The first kappa shape index (κ1) is 33.3. The molecule has 0 aliphatic carbocycles. The zero-order chi connectivity index (χ0) is 28.3. The molecule has 39 heavy (non-hydrogen) atoms. The van der Waals surface area contributed by atoms with Crippen molar-refractivity contribution < 1.29 is 44.6 Å². The average Bonchev–Trinajstić information content (AvgIpc) is 2.88. The van der Waals surface area contributed by atoms with Crippen LogP contribution in [0.4, 0.5) is 0 Å². The van der Waals surface area contributed by atoms with Crippen molar-refractivity contribution in [3.8, 4) is 11.1 Å². The van der Waals surface area contributed by atoms with Gasteiger partial charge < -0.3 is 20.7 Å². The molecule has 0 radical (unpaired) electrons.